The highest BCUT2D eigenvalue weighted by atomic mass is 14.9. The van der Waals surface area contributed by atoms with Gasteiger partial charge in [0.1, 0.15) is 11.9 Å². The first-order valence-corrected chi connectivity index (χ1v) is 4.96. The molecular weight excluding hydrogens is 202 g/mol. The van der Waals surface area contributed by atoms with Gasteiger partial charge in [-0.15, -0.1) is 0 Å². The molecule has 0 unspecified atom stereocenters. The molecule has 5 nitrogen and oxygen atoms in total. The Bertz CT molecular complexity index is 483. The lowest BCUT2D eigenvalue weighted by molar-refractivity contribution is 0.926. The Morgan fingerprint density at radius 1 is 1.44 bits per heavy atom. The van der Waals surface area contributed by atoms with Crippen molar-refractivity contribution in [1.29, 1.82) is 5.26 Å². The van der Waals surface area contributed by atoms with Crippen LogP contribution in [0.25, 0.3) is 0 Å². The number of nitrogens with zero attached hydrogens (tertiary/aromatic N) is 3. The van der Waals surface area contributed by atoms with E-state index in [2.05, 4.69) is 26.3 Å². The van der Waals surface area contributed by atoms with E-state index in [4.69, 9.17) is 5.26 Å². The summed E-state index contributed by atoms with van der Waals surface area (Å²) in [6.07, 6.45) is 7.56. The summed E-state index contributed by atoms with van der Waals surface area (Å²) in [6.45, 7) is 0.716. The number of H-pyrrole nitrogens is 1. The van der Waals surface area contributed by atoms with Crippen molar-refractivity contribution in [3.05, 3.63) is 42.2 Å². The van der Waals surface area contributed by atoms with E-state index in [0.29, 0.717) is 12.1 Å². The van der Waals surface area contributed by atoms with E-state index in [1.807, 2.05) is 0 Å². The van der Waals surface area contributed by atoms with Crippen LogP contribution in [0.5, 0.6) is 0 Å². The monoisotopic (exact) mass is 213 g/mol. The lowest BCUT2D eigenvalue weighted by atomic mass is 10.2. The zero-order valence-electron chi connectivity index (χ0n) is 8.64. The van der Waals surface area contributed by atoms with Crippen molar-refractivity contribution in [3.8, 4) is 6.07 Å². The van der Waals surface area contributed by atoms with E-state index in [0.717, 1.165) is 17.9 Å². The fourth-order valence-corrected chi connectivity index (χ4v) is 1.38. The first-order valence-electron chi connectivity index (χ1n) is 4.96. The van der Waals surface area contributed by atoms with Crippen LogP contribution in [-0.2, 0) is 6.42 Å². The first-order chi connectivity index (χ1) is 7.90. The van der Waals surface area contributed by atoms with Crippen molar-refractivity contribution >= 4 is 5.69 Å². The average Bonchev–Trinajstić information content (AvgIpc) is 2.83. The molecule has 0 atom stereocenters. The molecule has 0 saturated carbocycles. The molecule has 0 spiro atoms. The van der Waals surface area contributed by atoms with Crippen LogP contribution in [0.15, 0.2) is 30.9 Å². The van der Waals surface area contributed by atoms with E-state index < -0.39 is 0 Å². The first kappa shape index (κ1) is 10.2. The van der Waals surface area contributed by atoms with Crippen LogP contribution in [0.4, 0.5) is 5.69 Å². The Labute approximate surface area is 93.2 Å². The quantitative estimate of drug-likeness (QED) is 0.803. The van der Waals surface area contributed by atoms with Crippen molar-refractivity contribution in [3.63, 3.8) is 0 Å². The lowest BCUT2D eigenvalue weighted by Gasteiger charge is -2.05. The molecule has 0 amide bonds. The van der Waals surface area contributed by atoms with Crippen LogP contribution in [0.2, 0.25) is 0 Å². The minimum absolute atomic E-state index is 0.606. The molecule has 2 aromatic rings. The number of aromatic nitrogens is 3. The normalized spacial score (nSPS) is 9.69. The predicted octanol–water partition coefficient (Wildman–Crippen LogP) is 1.33. The van der Waals surface area contributed by atoms with E-state index in [-0.39, 0.29) is 0 Å². The summed E-state index contributed by atoms with van der Waals surface area (Å²) < 4.78 is 0. The van der Waals surface area contributed by atoms with Gasteiger partial charge < -0.3 is 10.3 Å². The van der Waals surface area contributed by atoms with Crippen molar-refractivity contribution in [2.24, 2.45) is 0 Å². The molecule has 0 bridgehead atoms. The van der Waals surface area contributed by atoms with Gasteiger partial charge in [0.25, 0.3) is 0 Å². The minimum Gasteiger partial charge on any atom is -0.382 e. The van der Waals surface area contributed by atoms with Crippen molar-refractivity contribution in [1.82, 2.24) is 15.0 Å². The zero-order valence-corrected chi connectivity index (χ0v) is 8.64. The molecule has 0 aliphatic heterocycles. The Kier molecular flexibility index (Phi) is 3.14. The third-order valence-electron chi connectivity index (χ3n) is 2.17. The standard InChI is InChI=1S/C11H11N5/c12-7-9-1-3-13-8-10(9)14-4-2-11-15-5-6-16-11/h1,3,5-6,8,14H,2,4H2,(H,15,16). The van der Waals surface area contributed by atoms with Crippen LogP contribution in [0.3, 0.4) is 0 Å². The zero-order chi connectivity index (χ0) is 11.2. The molecule has 5 heteroatoms. The number of imidazole rings is 1. The molecule has 0 aliphatic rings. The Morgan fingerprint density at radius 3 is 3.12 bits per heavy atom. The number of pyridine rings is 1. The highest BCUT2D eigenvalue weighted by Gasteiger charge is 2.00. The smallest absolute Gasteiger partial charge is 0.107 e. The summed E-state index contributed by atoms with van der Waals surface area (Å²) in [7, 11) is 0. The van der Waals surface area contributed by atoms with E-state index in [1.165, 1.54) is 0 Å². The molecule has 16 heavy (non-hydrogen) atoms. The van der Waals surface area contributed by atoms with E-state index in [9.17, 15) is 0 Å². The van der Waals surface area contributed by atoms with Crippen molar-refractivity contribution in [2.45, 2.75) is 6.42 Å². The fraction of sp³-hybridized carbons (Fsp3) is 0.182. The van der Waals surface area contributed by atoms with Crippen LogP contribution in [0.1, 0.15) is 11.4 Å². The Morgan fingerprint density at radius 2 is 2.38 bits per heavy atom. The van der Waals surface area contributed by atoms with Crippen LogP contribution in [-0.4, -0.2) is 21.5 Å². The minimum atomic E-state index is 0.606. The lowest BCUT2D eigenvalue weighted by Crippen LogP contribution is -2.07. The number of nitriles is 1. The molecule has 80 valence electrons. The van der Waals surface area contributed by atoms with E-state index in [1.54, 1.807) is 30.9 Å². The maximum Gasteiger partial charge on any atom is 0.107 e. The Hall–Kier alpha value is -2.35. The number of aromatic amines is 1. The summed E-state index contributed by atoms with van der Waals surface area (Å²) in [5.41, 5.74) is 1.37. The molecular formula is C11H11N5. The summed E-state index contributed by atoms with van der Waals surface area (Å²) in [5, 5.41) is 12.0. The summed E-state index contributed by atoms with van der Waals surface area (Å²) in [4.78, 5) is 11.1. The highest BCUT2D eigenvalue weighted by molar-refractivity contribution is 5.55. The van der Waals surface area contributed by atoms with Gasteiger partial charge in [-0.05, 0) is 6.07 Å². The number of nitrogens with one attached hydrogen (secondary N) is 2. The number of hydrogen-bond donors (Lipinski definition) is 2. The molecule has 2 rings (SSSR count). The molecule has 2 N–H and O–H groups in total. The maximum atomic E-state index is 8.87. The Balaban J connectivity index is 1.93. The molecule has 0 aromatic carbocycles. The average molecular weight is 213 g/mol. The second kappa shape index (κ2) is 4.94. The van der Waals surface area contributed by atoms with Gasteiger partial charge >= 0.3 is 0 Å². The summed E-state index contributed by atoms with van der Waals surface area (Å²) in [6, 6.07) is 3.80. The predicted molar refractivity (Wildman–Crippen MR) is 59.7 cm³/mol. The molecule has 0 saturated heterocycles. The third kappa shape index (κ3) is 2.36. The molecule has 0 fully saturated rings. The van der Waals surface area contributed by atoms with E-state index >= 15 is 0 Å². The third-order valence-corrected chi connectivity index (χ3v) is 2.17. The molecule has 2 aromatic heterocycles. The van der Waals surface area contributed by atoms with Crippen LogP contribution < -0.4 is 5.32 Å². The van der Waals surface area contributed by atoms with Crippen molar-refractivity contribution < 1.29 is 0 Å². The molecule has 0 radical (unpaired) electrons. The second-order valence-electron chi connectivity index (χ2n) is 3.25. The van der Waals surface area contributed by atoms with Gasteiger partial charge in [-0.25, -0.2) is 4.98 Å². The van der Waals surface area contributed by atoms with Gasteiger partial charge in [-0.2, -0.15) is 5.26 Å². The number of hydrogen-bond acceptors (Lipinski definition) is 4. The maximum absolute atomic E-state index is 8.87. The summed E-state index contributed by atoms with van der Waals surface area (Å²) in [5.74, 6) is 0.926. The topological polar surface area (TPSA) is 77.4 Å². The molecule has 2 heterocycles. The van der Waals surface area contributed by atoms with Gasteiger partial charge in [0, 0.05) is 31.6 Å². The van der Waals surface area contributed by atoms with Gasteiger partial charge in [-0.3, -0.25) is 4.98 Å². The van der Waals surface area contributed by atoms with Crippen LogP contribution in [0, 0.1) is 11.3 Å². The SMILES string of the molecule is N#Cc1ccncc1NCCc1ncc[nH]1. The highest BCUT2D eigenvalue weighted by Crippen LogP contribution is 2.11. The largest absolute Gasteiger partial charge is 0.382 e. The van der Waals surface area contributed by atoms with Gasteiger partial charge in [-0.1, -0.05) is 0 Å². The van der Waals surface area contributed by atoms with Crippen molar-refractivity contribution in [2.75, 3.05) is 11.9 Å². The second-order valence-corrected chi connectivity index (χ2v) is 3.25. The van der Waals surface area contributed by atoms with Crippen LogP contribution >= 0.6 is 0 Å². The van der Waals surface area contributed by atoms with Gasteiger partial charge in [0.2, 0.25) is 0 Å². The number of rotatable bonds is 4. The number of anilines is 1. The summed E-state index contributed by atoms with van der Waals surface area (Å²) >= 11 is 0. The molecule has 0 aliphatic carbocycles. The van der Waals surface area contributed by atoms with Gasteiger partial charge in [0.15, 0.2) is 0 Å². The fourth-order valence-electron chi connectivity index (χ4n) is 1.38. The van der Waals surface area contributed by atoms with Gasteiger partial charge in [0.05, 0.1) is 17.4 Å².